The largest absolute Gasteiger partial charge is 0.338 e. The van der Waals surface area contributed by atoms with Gasteiger partial charge >= 0.3 is 0 Å². The molecule has 0 saturated carbocycles. The first-order valence-electron chi connectivity index (χ1n) is 7.59. The van der Waals surface area contributed by atoms with Gasteiger partial charge in [0, 0.05) is 18.7 Å². The Balaban J connectivity index is 1.89. The molecule has 116 valence electrons. The maximum absolute atomic E-state index is 13.0. The second kappa shape index (κ2) is 6.61. The van der Waals surface area contributed by atoms with Crippen LogP contribution in [0.1, 0.15) is 32.9 Å². The quantitative estimate of drug-likeness (QED) is 0.641. The van der Waals surface area contributed by atoms with E-state index in [1.807, 2.05) is 16.7 Å². The summed E-state index contributed by atoms with van der Waals surface area (Å²) >= 11 is 0. The number of aldehydes is 1. The molecule has 0 aliphatic heterocycles. The lowest BCUT2D eigenvalue weighted by atomic mass is 10.1. The van der Waals surface area contributed by atoms with Crippen LogP contribution in [-0.2, 0) is 13.0 Å². The fourth-order valence-corrected chi connectivity index (χ4v) is 2.66. The van der Waals surface area contributed by atoms with Crippen molar-refractivity contribution < 1.29 is 9.18 Å². The molecule has 0 bridgehead atoms. The highest BCUT2D eigenvalue weighted by Crippen LogP contribution is 2.16. The molecule has 0 aliphatic rings. The van der Waals surface area contributed by atoms with E-state index in [-0.39, 0.29) is 5.82 Å². The Morgan fingerprint density at radius 1 is 0.913 bits per heavy atom. The average Bonchev–Trinajstić information content (AvgIpc) is 2.93. The molecule has 3 aromatic rings. The van der Waals surface area contributed by atoms with Gasteiger partial charge in [0.2, 0.25) is 0 Å². The third kappa shape index (κ3) is 3.57. The second-order valence-corrected chi connectivity index (χ2v) is 5.74. The van der Waals surface area contributed by atoms with Gasteiger partial charge in [0.25, 0.3) is 0 Å². The van der Waals surface area contributed by atoms with Gasteiger partial charge in [-0.2, -0.15) is 0 Å². The minimum atomic E-state index is -0.253. The molecule has 2 aromatic carbocycles. The molecule has 0 atom stereocenters. The third-order valence-electron chi connectivity index (χ3n) is 3.99. The highest BCUT2D eigenvalue weighted by atomic mass is 19.1. The smallest absolute Gasteiger partial charge is 0.166 e. The predicted octanol–water partition coefficient (Wildman–Crippen LogP) is 4.39. The highest BCUT2D eigenvalue weighted by molar-refractivity contribution is 5.73. The van der Waals surface area contributed by atoms with Crippen LogP contribution in [0.25, 0.3) is 0 Å². The van der Waals surface area contributed by atoms with Gasteiger partial charge in [-0.25, -0.2) is 4.39 Å². The number of aryl methyl sites for hydroxylation is 1. The Morgan fingerprint density at radius 3 is 2.22 bits per heavy atom. The predicted molar refractivity (Wildman–Crippen MR) is 89.3 cm³/mol. The van der Waals surface area contributed by atoms with E-state index in [4.69, 9.17) is 0 Å². The molecule has 0 N–H and O–H groups in total. The molecule has 0 aliphatic carbocycles. The molecule has 0 saturated heterocycles. The number of rotatable bonds is 5. The first-order valence-corrected chi connectivity index (χ1v) is 7.59. The fourth-order valence-electron chi connectivity index (χ4n) is 2.66. The Kier molecular flexibility index (Phi) is 4.38. The van der Waals surface area contributed by atoms with Gasteiger partial charge in [0.1, 0.15) is 5.82 Å². The van der Waals surface area contributed by atoms with Crippen LogP contribution < -0.4 is 0 Å². The molecule has 3 heteroatoms. The Labute approximate surface area is 135 Å². The van der Waals surface area contributed by atoms with Gasteiger partial charge in [0.15, 0.2) is 6.29 Å². The number of benzene rings is 2. The minimum Gasteiger partial charge on any atom is -0.338 e. The van der Waals surface area contributed by atoms with Crippen molar-refractivity contribution in [1.29, 1.82) is 0 Å². The van der Waals surface area contributed by atoms with Gasteiger partial charge < -0.3 is 4.57 Å². The molecular weight excluding hydrogens is 289 g/mol. The van der Waals surface area contributed by atoms with Crippen LogP contribution in [0.15, 0.2) is 60.7 Å². The zero-order valence-electron chi connectivity index (χ0n) is 13.0. The molecule has 1 aromatic heterocycles. The number of aromatic nitrogens is 1. The summed E-state index contributed by atoms with van der Waals surface area (Å²) in [4.78, 5) is 11.3. The number of carbonyl (C=O) groups excluding carboxylic acids is 1. The lowest BCUT2D eigenvalue weighted by Crippen LogP contribution is -2.08. The van der Waals surface area contributed by atoms with E-state index in [9.17, 15) is 9.18 Å². The summed E-state index contributed by atoms with van der Waals surface area (Å²) in [7, 11) is 0. The molecule has 0 radical (unpaired) electrons. The zero-order valence-corrected chi connectivity index (χ0v) is 13.0. The van der Waals surface area contributed by atoms with Crippen molar-refractivity contribution in [3.63, 3.8) is 0 Å². The average molecular weight is 307 g/mol. The van der Waals surface area contributed by atoms with Crippen molar-refractivity contribution in [3.05, 3.63) is 94.6 Å². The molecule has 2 nitrogen and oxygen atoms in total. The van der Waals surface area contributed by atoms with Crippen molar-refractivity contribution in [2.45, 2.75) is 19.9 Å². The number of hydrogen-bond acceptors (Lipinski definition) is 1. The van der Waals surface area contributed by atoms with Crippen molar-refractivity contribution in [1.82, 2.24) is 4.57 Å². The van der Waals surface area contributed by atoms with Crippen LogP contribution in [0.5, 0.6) is 0 Å². The van der Waals surface area contributed by atoms with Crippen molar-refractivity contribution in [2.24, 2.45) is 0 Å². The van der Waals surface area contributed by atoms with Crippen molar-refractivity contribution in [2.75, 3.05) is 0 Å². The van der Waals surface area contributed by atoms with E-state index in [1.165, 1.54) is 23.3 Å². The first-order chi connectivity index (χ1) is 11.2. The second-order valence-electron chi connectivity index (χ2n) is 5.74. The van der Waals surface area contributed by atoms with E-state index < -0.39 is 0 Å². The van der Waals surface area contributed by atoms with Gasteiger partial charge in [-0.3, -0.25) is 4.79 Å². The molecule has 3 rings (SSSR count). The molecular formula is C20H18FNO. The molecule has 23 heavy (non-hydrogen) atoms. The Morgan fingerprint density at radius 2 is 1.57 bits per heavy atom. The molecule has 0 spiro atoms. The topological polar surface area (TPSA) is 22.0 Å². The van der Waals surface area contributed by atoms with E-state index >= 15 is 0 Å². The number of carbonyl (C=O) groups is 1. The van der Waals surface area contributed by atoms with Crippen molar-refractivity contribution >= 4 is 6.29 Å². The molecule has 0 fully saturated rings. The summed E-state index contributed by atoms with van der Waals surface area (Å²) in [5, 5.41) is 0. The number of halogens is 1. The number of nitrogens with zero attached hydrogens (tertiary/aromatic N) is 1. The number of hydrogen-bond donors (Lipinski definition) is 0. The summed E-state index contributed by atoms with van der Waals surface area (Å²) in [6.45, 7) is 2.62. The summed E-state index contributed by atoms with van der Waals surface area (Å²) in [6.07, 6.45) is 1.62. The van der Waals surface area contributed by atoms with Crippen molar-refractivity contribution in [3.8, 4) is 0 Å². The lowest BCUT2D eigenvalue weighted by molar-refractivity contribution is 0.111. The molecule has 0 unspecified atom stereocenters. The van der Waals surface area contributed by atoms with Crippen LogP contribution >= 0.6 is 0 Å². The van der Waals surface area contributed by atoms with Crippen LogP contribution in [0, 0.1) is 12.7 Å². The Bertz CT molecular complexity index is 801. The van der Waals surface area contributed by atoms with E-state index in [0.29, 0.717) is 12.2 Å². The SMILES string of the molecule is Cc1ccc(Cc2ccc(C=O)n2Cc2ccc(F)cc2)cc1. The van der Waals surface area contributed by atoms with Gasteiger partial charge in [0.05, 0.1) is 5.69 Å². The lowest BCUT2D eigenvalue weighted by Gasteiger charge is -2.12. The van der Waals surface area contributed by atoms with Gasteiger partial charge in [-0.1, -0.05) is 42.0 Å². The summed E-state index contributed by atoms with van der Waals surface area (Å²) in [6, 6.07) is 18.6. The maximum Gasteiger partial charge on any atom is 0.166 e. The summed E-state index contributed by atoms with van der Waals surface area (Å²) < 4.78 is 15.0. The highest BCUT2D eigenvalue weighted by Gasteiger charge is 2.09. The minimum absolute atomic E-state index is 0.253. The first kappa shape index (κ1) is 15.2. The monoisotopic (exact) mass is 307 g/mol. The summed E-state index contributed by atoms with van der Waals surface area (Å²) in [5.74, 6) is -0.253. The fraction of sp³-hybridized carbons (Fsp3) is 0.150. The van der Waals surface area contributed by atoms with Crippen LogP contribution in [-0.4, -0.2) is 10.9 Å². The van der Waals surface area contributed by atoms with Crippen LogP contribution in [0.4, 0.5) is 4.39 Å². The van der Waals surface area contributed by atoms with E-state index in [2.05, 4.69) is 31.2 Å². The van der Waals surface area contributed by atoms with Crippen LogP contribution in [0.2, 0.25) is 0 Å². The maximum atomic E-state index is 13.0. The molecule has 1 heterocycles. The van der Waals surface area contributed by atoms with Crippen LogP contribution in [0.3, 0.4) is 0 Å². The standard InChI is InChI=1S/C20H18FNO/c1-15-2-4-16(5-3-15)12-19-10-11-20(14-23)22(19)13-17-6-8-18(21)9-7-17/h2-11,14H,12-13H2,1H3. The normalized spacial score (nSPS) is 10.7. The van der Waals surface area contributed by atoms with Gasteiger partial charge in [-0.05, 0) is 42.3 Å². The van der Waals surface area contributed by atoms with E-state index in [1.54, 1.807) is 12.1 Å². The Hall–Kier alpha value is -2.68. The molecule has 0 amide bonds. The third-order valence-corrected chi connectivity index (χ3v) is 3.99. The summed E-state index contributed by atoms with van der Waals surface area (Å²) in [5.41, 5.74) is 5.10. The van der Waals surface area contributed by atoms with E-state index in [0.717, 1.165) is 24.0 Å². The zero-order chi connectivity index (χ0) is 16.2. The van der Waals surface area contributed by atoms with Gasteiger partial charge in [-0.15, -0.1) is 0 Å².